The van der Waals surface area contributed by atoms with E-state index in [0.29, 0.717) is 27.7 Å². The molecule has 0 bridgehead atoms. The van der Waals surface area contributed by atoms with Gasteiger partial charge in [-0.3, -0.25) is 14.9 Å². The molecule has 8 heteroatoms. The van der Waals surface area contributed by atoms with E-state index in [2.05, 4.69) is 20.8 Å². The third-order valence-corrected chi connectivity index (χ3v) is 5.85. The van der Waals surface area contributed by atoms with Crippen LogP contribution in [0.4, 0.5) is 9.52 Å². The molecule has 4 aromatic rings. The Kier molecular flexibility index (Phi) is 6.85. The Labute approximate surface area is 194 Å². The van der Waals surface area contributed by atoms with Crippen molar-refractivity contribution in [3.63, 3.8) is 0 Å². The van der Waals surface area contributed by atoms with Gasteiger partial charge in [-0.25, -0.2) is 4.39 Å². The molecule has 0 spiro atoms. The Bertz CT molecular complexity index is 1240. The van der Waals surface area contributed by atoms with Gasteiger partial charge in [0.25, 0.3) is 5.91 Å². The quantitative estimate of drug-likeness (QED) is 0.421. The lowest BCUT2D eigenvalue weighted by atomic mass is 10.0. The van der Waals surface area contributed by atoms with Crippen molar-refractivity contribution in [2.75, 3.05) is 5.32 Å². The number of rotatable bonds is 7. The number of hydrogen-bond donors (Lipinski definition) is 2. The lowest BCUT2D eigenvalue weighted by molar-refractivity contribution is -0.118. The van der Waals surface area contributed by atoms with E-state index in [-0.39, 0.29) is 11.7 Å². The van der Waals surface area contributed by atoms with Crippen LogP contribution in [0.2, 0.25) is 0 Å². The van der Waals surface area contributed by atoms with Crippen molar-refractivity contribution < 1.29 is 14.0 Å². The molecular formula is C25H21FN4O2S. The number of nitrogens with zero attached hydrogens (tertiary/aromatic N) is 2. The van der Waals surface area contributed by atoms with Gasteiger partial charge in [0, 0.05) is 17.5 Å². The van der Waals surface area contributed by atoms with Crippen molar-refractivity contribution in [2.45, 2.75) is 19.4 Å². The number of hydrogen-bond acceptors (Lipinski definition) is 5. The largest absolute Gasteiger partial charge is 0.340 e. The summed E-state index contributed by atoms with van der Waals surface area (Å²) in [7, 11) is 0. The minimum Gasteiger partial charge on any atom is -0.340 e. The number of carbonyl (C=O) groups is 2. The van der Waals surface area contributed by atoms with Crippen LogP contribution in [0.25, 0.3) is 10.6 Å². The number of anilines is 1. The maximum absolute atomic E-state index is 13.2. The van der Waals surface area contributed by atoms with E-state index >= 15 is 0 Å². The number of aromatic nitrogens is 2. The molecule has 2 amide bonds. The van der Waals surface area contributed by atoms with Crippen molar-refractivity contribution in [1.29, 1.82) is 0 Å². The van der Waals surface area contributed by atoms with Gasteiger partial charge in [-0.2, -0.15) is 0 Å². The fourth-order valence-electron chi connectivity index (χ4n) is 3.18. The minimum absolute atomic E-state index is 0.293. The summed E-state index contributed by atoms with van der Waals surface area (Å²) in [6.07, 6.45) is 0.313. The van der Waals surface area contributed by atoms with Crippen LogP contribution in [-0.4, -0.2) is 28.1 Å². The van der Waals surface area contributed by atoms with Gasteiger partial charge in [0.2, 0.25) is 11.0 Å². The summed E-state index contributed by atoms with van der Waals surface area (Å²) < 4.78 is 13.2. The maximum atomic E-state index is 13.2. The summed E-state index contributed by atoms with van der Waals surface area (Å²) in [5.74, 6) is -1.08. The van der Waals surface area contributed by atoms with Gasteiger partial charge in [-0.15, -0.1) is 10.2 Å². The second-order valence-corrected chi connectivity index (χ2v) is 8.47. The molecule has 0 saturated carbocycles. The van der Waals surface area contributed by atoms with Gasteiger partial charge in [0.05, 0.1) is 0 Å². The summed E-state index contributed by atoms with van der Waals surface area (Å²) in [6, 6.07) is 21.6. The summed E-state index contributed by atoms with van der Waals surface area (Å²) in [5.41, 5.74) is 3.12. The second-order valence-electron chi connectivity index (χ2n) is 7.49. The Morgan fingerprint density at radius 2 is 1.64 bits per heavy atom. The van der Waals surface area contributed by atoms with E-state index in [0.717, 1.165) is 11.1 Å². The molecular weight excluding hydrogens is 439 g/mol. The molecule has 0 aliphatic heterocycles. The van der Waals surface area contributed by atoms with Gasteiger partial charge in [-0.1, -0.05) is 59.4 Å². The van der Waals surface area contributed by atoms with Crippen molar-refractivity contribution in [3.05, 3.63) is 101 Å². The molecule has 1 heterocycles. The maximum Gasteiger partial charge on any atom is 0.251 e. The number of nitrogens with one attached hydrogen (secondary N) is 2. The Hall–Kier alpha value is -3.91. The first-order valence-corrected chi connectivity index (χ1v) is 11.1. The van der Waals surface area contributed by atoms with Gasteiger partial charge in [0.1, 0.15) is 16.9 Å². The molecule has 1 atom stereocenters. The van der Waals surface area contributed by atoms with Crippen LogP contribution < -0.4 is 10.6 Å². The van der Waals surface area contributed by atoms with Gasteiger partial charge in [-0.05, 0) is 48.9 Å². The number of aryl methyl sites for hydroxylation is 1. The Morgan fingerprint density at radius 1 is 0.939 bits per heavy atom. The van der Waals surface area contributed by atoms with Gasteiger partial charge < -0.3 is 5.32 Å². The molecule has 2 N–H and O–H groups in total. The zero-order chi connectivity index (χ0) is 23.2. The number of amides is 2. The summed E-state index contributed by atoms with van der Waals surface area (Å²) in [6.45, 7) is 1.94. The SMILES string of the molecule is Cc1ccc(C(=O)NC(Cc2ccccc2)C(=O)Nc2nnc(-c3ccc(F)cc3)s2)cc1. The lowest BCUT2D eigenvalue weighted by Crippen LogP contribution is -2.45. The summed E-state index contributed by atoms with van der Waals surface area (Å²) in [4.78, 5) is 25.9. The predicted octanol–water partition coefficient (Wildman–Crippen LogP) is 4.63. The van der Waals surface area contributed by atoms with Crippen LogP contribution in [0.3, 0.4) is 0 Å². The first-order valence-electron chi connectivity index (χ1n) is 10.3. The molecule has 0 fully saturated rings. The average Bonchev–Trinajstić information content (AvgIpc) is 3.28. The summed E-state index contributed by atoms with van der Waals surface area (Å²) >= 11 is 1.17. The fraction of sp³-hybridized carbons (Fsp3) is 0.120. The van der Waals surface area contributed by atoms with Gasteiger partial charge >= 0.3 is 0 Å². The molecule has 1 aromatic heterocycles. The van der Waals surface area contributed by atoms with Crippen LogP contribution in [0, 0.1) is 12.7 Å². The highest BCUT2D eigenvalue weighted by Crippen LogP contribution is 2.26. The van der Waals surface area contributed by atoms with Crippen LogP contribution in [0.15, 0.2) is 78.9 Å². The highest BCUT2D eigenvalue weighted by Gasteiger charge is 2.23. The molecule has 6 nitrogen and oxygen atoms in total. The van der Waals surface area contributed by atoms with E-state index in [4.69, 9.17) is 0 Å². The third kappa shape index (κ3) is 5.87. The molecule has 0 saturated heterocycles. The molecule has 0 aliphatic rings. The fourth-order valence-corrected chi connectivity index (χ4v) is 3.93. The smallest absolute Gasteiger partial charge is 0.251 e. The first-order chi connectivity index (χ1) is 16.0. The zero-order valence-corrected chi connectivity index (χ0v) is 18.6. The molecule has 0 aliphatic carbocycles. The minimum atomic E-state index is -0.820. The van der Waals surface area contributed by atoms with Crippen LogP contribution in [-0.2, 0) is 11.2 Å². The second kappa shape index (κ2) is 10.1. The normalized spacial score (nSPS) is 11.6. The first kappa shape index (κ1) is 22.3. The van der Waals surface area contributed by atoms with Crippen LogP contribution >= 0.6 is 11.3 Å². The Balaban J connectivity index is 1.50. The molecule has 1 unspecified atom stereocenters. The van der Waals surface area contributed by atoms with Crippen LogP contribution in [0.1, 0.15) is 21.5 Å². The Morgan fingerprint density at radius 3 is 2.33 bits per heavy atom. The van der Waals surface area contributed by atoms with E-state index < -0.39 is 11.9 Å². The highest BCUT2D eigenvalue weighted by molar-refractivity contribution is 7.18. The van der Waals surface area contributed by atoms with E-state index in [1.165, 1.54) is 23.5 Å². The lowest BCUT2D eigenvalue weighted by Gasteiger charge is -2.18. The van der Waals surface area contributed by atoms with Gasteiger partial charge in [0.15, 0.2) is 0 Å². The van der Waals surface area contributed by atoms with E-state index in [1.54, 1.807) is 24.3 Å². The average molecular weight is 461 g/mol. The number of benzene rings is 3. The highest BCUT2D eigenvalue weighted by atomic mass is 32.1. The number of carbonyl (C=O) groups excluding carboxylic acids is 2. The monoisotopic (exact) mass is 460 g/mol. The molecule has 4 rings (SSSR count). The summed E-state index contributed by atoms with van der Waals surface area (Å²) in [5, 5.41) is 14.5. The molecule has 166 valence electrons. The standard InChI is InChI=1S/C25H21FN4O2S/c1-16-7-9-18(10-8-16)22(31)27-21(15-17-5-3-2-4-6-17)23(32)28-25-30-29-24(33-25)19-11-13-20(26)14-12-19/h2-14,21H,15H2,1H3,(H,27,31)(H,28,30,32). The third-order valence-electron chi connectivity index (χ3n) is 4.96. The molecule has 33 heavy (non-hydrogen) atoms. The van der Waals surface area contributed by atoms with Crippen molar-refractivity contribution in [3.8, 4) is 10.6 Å². The van der Waals surface area contributed by atoms with E-state index in [9.17, 15) is 14.0 Å². The van der Waals surface area contributed by atoms with Crippen molar-refractivity contribution in [2.24, 2.45) is 0 Å². The number of halogens is 1. The van der Waals surface area contributed by atoms with Crippen molar-refractivity contribution >= 4 is 28.3 Å². The van der Waals surface area contributed by atoms with Crippen molar-refractivity contribution in [1.82, 2.24) is 15.5 Å². The van der Waals surface area contributed by atoms with Crippen LogP contribution in [0.5, 0.6) is 0 Å². The molecule has 0 radical (unpaired) electrons. The zero-order valence-electron chi connectivity index (χ0n) is 17.8. The molecule has 3 aromatic carbocycles. The predicted molar refractivity (Wildman–Crippen MR) is 127 cm³/mol. The topological polar surface area (TPSA) is 84.0 Å². The van der Waals surface area contributed by atoms with E-state index in [1.807, 2.05) is 49.4 Å².